The van der Waals surface area contributed by atoms with Crippen molar-refractivity contribution in [1.82, 2.24) is 0 Å². The van der Waals surface area contributed by atoms with E-state index in [1.54, 1.807) is 0 Å². The summed E-state index contributed by atoms with van der Waals surface area (Å²) in [5.74, 6) is 0. The van der Waals surface area contributed by atoms with Crippen molar-refractivity contribution < 1.29 is 0 Å². The molecule has 0 bridgehead atoms. The quantitative estimate of drug-likeness (QED) is 0.165. The third kappa shape index (κ3) is 4.95. The van der Waals surface area contributed by atoms with Gasteiger partial charge in [-0.2, -0.15) is 0 Å². The summed E-state index contributed by atoms with van der Waals surface area (Å²) in [7, 11) is 0. The lowest BCUT2D eigenvalue weighted by Gasteiger charge is -2.35. The Kier molecular flexibility index (Phi) is 7.50. The van der Waals surface area contributed by atoms with Gasteiger partial charge in [-0.1, -0.05) is 190 Å². The molecule has 1 nitrogen and oxygen atoms in total. The van der Waals surface area contributed by atoms with Gasteiger partial charge in [0.05, 0.1) is 5.41 Å². The third-order valence-corrected chi connectivity index (χ3v) is 12.7. The molecule has 0 saturated heterocycles. The number of fused-ring (bicyclic) bond motifs is 7. The average molecular weight is 728 g/mol. The van der Waals surface area contributed by atoms with Gasteiger partial charge in [0.15, 0.2) is 0 Å². The van der Waals surface area contributed by atoms with Crippen molar-refractivity contribution in [2.75, 3.05) is 4.90 Å². The molecule has 0 aromatic heterocycles. The smallest absolute Gasteiger partial charge is 0.0714 e. The van der Waals surface area contributed by atoms with Gasteiger partial charge in [0.1, 0.15) is 0 Å². The second-order valence-corrected chi connectivity index (χ2v) is 16.1. The van der Waals surface area contributed by atoms with E-state index in [1.165, 1.54) is 77.5 Å². The predicted octanol–water partition coefficient (Wildman–Crippen LogP) is 14.6. The van der Waals surface area contributed by atoms with Crippen LogP contribution in [-0.2, 0) is 10.8 Å². The summed E-state index contributed by atoms with van der Waals surface area (Å²) in [6.07, 6.45) is 0. The number of anilines is 3. The summed E-state index contributed by atoms with van der Waals surface area (Å²) in [6, 6.07) is 78.8. The molecular weight excluding hydrogens is 687 g/mol. The van der Waals surface area contributed by atoms with E-state index in [0.717, 1.165) is 17.1 Å². The van der Waals surface area contributed by atoms with Crippen molar-refractivity contribution in [2.45, 2.75) is 24.7 Å². The zero-order chi connectivity index (χ0) is 38.1. The largest absolute Gasteiger partial charge is 0.310 e. The normalized spacial score (nSPS) is 14.1. The first-order valence-corrected chi connectivity index (χ1v) is 20.0. The summed E-state index contributed by atoms with van der Waals surface area (Å²) in [5, 5.41) is 2.52. The molecule has 11 rings (SSSR count). The van der Waals surface area contributed by atoms with Gasteiger partial charge in [0.25, 0.3) is 0 Å². The van der Waals surface area contributed by atoms with Crippen LogP contribution in [0.5, 0.6) is 0 Å². The van der Waals surface area contributed by atoms with E-state index in [1.807, 2.05) is 0 Å². The Hall–Kier alpha value is -6.96. The van der Waals surface area contributed by atoms with Crippen molar-refractivity contribution >= 4 is 27.8 Å². The molecule has 0 atom stereocenters. The fourth-order valence-electron chi connectivity index (χ4n) is 10.1. The van der Waals surface area contributed by atoms with Gasteiger partial charge >= 0.3 is 0 Å². The van der Waals surface area contributed by atoms with Gasteiger partial charge < -0.3 is 4.90 Å². The molecule has 2 aliphatic rings. The molecule has 9 aromatic carbocycles. The van der Waals surface area contributed by atoms with Crippen molar-refractivity contribution in [3.05, 3.63) is 246 Å². The number of hydrogen-bond acceptors (Lipinski definition) is 1. The average Bonchev–Trinajstić information content (AvgIpc) is 3.70. The first-order valence-electron chi connectivity index (χ1n) is 20.0. The number of nitrogens with zero attached hydrogens (tertiary/aromatic N) is 1. The topological polar surface area (TPSA) is 3.24 Å². The molecule has 0 heterocycles. The fraction of sp³-hybridized carbons (Fsp3) is 0.0714. The lowest BCUT2D eigenvalue weighted by molar-refractivity contribution is 0.660. The monoisotopic (exact) mass is 727 g/mol. The van der Waals surface area contributed by atoms with E-state index >= 15 is 0 Å². The van der Waals surface area contributed by atoms with Crippen LogP contribution in [0.4, 0.5) is 17.1 Å². The summed E-state index contributed by atoms with van der Waals surface area (Å²) < 4.78 is 0. The van der Waals surface area contributed by atoms with E-state index < -0.39 is 5.41 Å². The molecule has 270 valence electrons. The first-order chi connectivity index (χ1) is 28.0. The van der Waals surface area contributed by atoms with Gasteiger partial charge in [-0.15, -0.1) is 0 Å². The maximum atomic E-state index is 2.46. The van der Waals surface area contributed by atoms with Gasteiger partial charge in [-0.25, -0.2) is 0 Å². The Morgan fingerprint density at radius 3 is 1.58 bits per heavy atom. The van der Waals surface area contributed by atoms with Crippen molar-refractivity contribution in [3.63, 3.8) is 0 Å². The Balaban J connectivity index is 1.13. The lowest BCUT2D eigenvalue weighted by atomic mass is 9.67. The SMILES string of the molecule is CC1(C)c2ccccc2-c2ccc(N(c3ccc(-c4cccc5ccccc45)cc3)c3cccc(C4(c5ccccc5)c5ccccc5-c5ccccc54)c3)cc21. The van der Waals surface area contributed by atoms with Crippen molar-refractivity contribution in [1.29, 1.82) is 0 Å². The van der Waals surface area contributed by atoms with Crippen LogP contribution in [-0.4, -0.2) is 0 Å². The van der Waals surface area contributed by atoms with Crippen LogP contribution in [0.15, 0.2) is 212 Å². The molecule has 0 aliphatic heterocycles. The minimum absolute atomic E-state index is 0.123. The molecule has 0 radical (unpaired) electrons. The zero-order valence-electron chi connectivity index (χ0n) is 32.2. The van der Waals surface area contributed by atoms with E-state index in [-0.39, 0.29) is 5.41 Å². The van der Waals surface area contributed by atoms with Crippen LogP contribution >= 0.6 is 0 Å². The lowest BCUT2D eigenvalue weighted by Crippen LogP contribution is -2.28. The predicted molar refractivity (Wildman–Crippen MR) is 239 cm³/mol. The number of rotatable bonds is 6. The van der Waals surface area contributed by atoms with Crippen LogP contribution in [0.2, 0.25) is 0 Å². The summed E-state index contributed by atoms with van der Waals surface area (Å²) >= 11 is 0. The number of benzene rings is 9. The van der Waals surface area contributed by atoms with Gasteiger partial charge in [0, 0.05) is 22.5 Å². The fourth-order valence-corrected chi connectivity index (χ4v) is 10.1. The van der Waals surface area contributed by atoms with Crippen LogP contribution in [0.3, 0.4) is 0 Å². The zero-order valence-corrected chi connectivity index (χ0v) is 32.2. The van der Waals surface area contributed by atoms with E-state index in [4.69, 9.17) is 0 Å². The maximum absolute atomic E-state index is 2.46. The van der Waals surface area contributed by atoms with E-state index in [0.29, 0.717) is 0 Å². The van der Waals surface area contributed by atoms with Crippen LogP contribution < -0.4 is 4.90 Å². The van der Waals surface area contributed by atoms with Crippen molar-refractivity contribution in [3.8, 4) is 33.4 Å². The molecule has 0 spiro atoms. The molecule has 0 saturated carbocycles. The Morgan fingerprint density at radius 1 is 0.333 bits per heavy atom. The highest BCUT2D eigenvalue weighted by atomic mass is 15.1. The highest BCUT2D eigenvalue weighted by Gasteiger charge is 2.46. The maximum Gasteiger partial charge on any atom is 0.0714 e. The first kappa shape index (κ1) is 33.4. The summed E-state index contributed by atoms with van der Waals surface area (Å²) in [5.41, 5.74) is 18.3. The molecule has 0 unspecified atom stereocenters. The molecule has 2 aliphatic carbocycles. The minimum Gasteiger partial charge on any atom is -0.310 e. The second-order valence-electron chi connectivity index (χ2n) is 16.1. The van der Waals surface area contributed by atoms with Crippen LogP contribution in [0.1, 0.15) is 47.2 Å². The highest BCUT2D eigenvalue weighted by Crippen LogP contribution is 2.57. The van der Waals surface area contributed by atoms with E-state index in [2.05, 4.69) is 231 Å². The van der Waals surface area contributed by atoms with Crippen LogP contribution in [0.25, 0.3) is 44.2 Å². The molecule has 0 fully saturated rings. The summed E-state index contributed by atoms with van der Waals surface area (Å²) in [6.45, 7) is 4.73. The third-order valence-electron chi connectivity index (χ3n) is 12.7. The minimum atomic E-state index is -0.490. The second kappa shape index (κ2) is 12.8. The Labute approximate surface area is 335 Å². The number of hydrogen-bond donors (Lipinski definition) is 0. The van der Waals surface area contributed by atoms with E-state index in [9.17, 15) is 0 Å². The van der Waals surface area contributed by atoms with Crippen molar-refractivity contribution in [2.24, 2.45) is 0 Å². The standard InChI is InChI=1S/C56H41N/c1-55(2)51-27-11-8-23-47(51)50-35-34-44(37-54(50)55)57(42-32-30-39(31-33-42)46-26-14-17-38-16-6-7-22-45(38)46)43-21-15-20-41(36-43)56(40-18-4-3-5-19-40)52-28-12-9-24-48(52)49-25-10-13-29-53(49)56/h3-37H,1-2H3. The van der Waals surface area contributed by atoms with Gasteiger partial charge in [0.2, 0.25) is 0 Å². The Morgan fingerprint density at radius 2 is 0.842 bits per heavy atom. The molecule has 57 heavy (non-hydrogen) atoms. The highest BCUT2D eigenvalue weighted by molar-refractivity contribution is 5.97. The molecule has 9 aromatic rings. The molecule has 0 N–H and O–H groups in total. The van der Waals surface area contributed by atoms with Gasteiger partial charge in [-0.3, -0.25) is 0 Å². The Bertz CT molecular complexity index is 2940. The van der Waals surface area contributed by atoms with Crippen LogP contribution in [0, 0.1) is 0 Å². The summed E-state index contributed by atoms with van der Waals surface area (Å²) in [4.78, 5) is 2.46. The molecule has 1 heteroatoms. The van der Waals surface area contributed by atoms with Gasteiger partial charge in [-0.05, 0) is 114 Å². The molecule has 0 amide bonds. The molecular formula is C56H41N.